The number of benzene rings is 1. The smallest absolute Gasteiger partial charge is 0.190 e. The van der Waals surface area contributed by atoms with Gasteiger partial charge in [-0.1, -0.05) is 13.8 Å². The lowest BCUT2D eigenvalue weighted by molar-refractivity contribution is 0.374. The number of methoxy groups -OCH3 is 2. The highest BCUT2D eigenvalue weighted by atomic mass is 19.1. The first-order chi connectivity index (χ1) is 17.4. The Kier molecular flexibility index (Phi) is 7.94. The summed E-state index contributed by atoms with van der Waals surface area (Å²) in [4.78, 5) is 14.2. The number of hydrogen-bond donors (Lipinski definition) is 1. The summed E-state index contributed by atoms with van der Waals surface area (Å²) < 4.78 is 29.3. The second-order valence-corrected chi connectivity index (χ2v) is 8.80. The topological polar surface area (TPSA) is 91.4 Å². The van der Waals surface area contributed by atoms with Crippen molar-refractivity contribution >= 4 is 16.9 Å². The molecule has 10 heteroatoms. The fourth-order valence-electron chi connectivity index (χ4n) is 3.88. The van der Waals surface area contributed by atoms with E-state index in [4.69, 9.17) is 14.5 Å². The van der Waals surface area contributed by atoms with Crippen molar-refractivity contribution in [3.8, 4) is 22.8 Å². The Labute approximate surface area is 209 Å². The zero-order valence-electron chi connectivity index (χ0n) is 21.3. The van der Waals surface area contributed by atoms with Gasteiger partial charge in [-0.15, -0.1) is 0 Å². The summed E-state index contributed by atoms with van der Waals surface area (Å²) in [5.74, 6) is -0.0297. The van der Waals surface area contributed by atoms with Crippen LogP contribution in [-0.2, 0) is 13.6 Å². The number of unbranched alkanes of at least 4 members (excludes halogenated alkanes) is 1. The van der Waals surface area contributed by atoms with Crippen molar-refractivity contribution < 1.29 is 13.9 Å². The van der Waals surface area contributed by atoms with E-state index in [2.05, 4.69) is 34.2 Å². The van der Waals surface area contributed by atoms with Gasteiger partial charge in [-0.2, -0.15) is 5.10 Å². The molecule has 0 unspecified atom stereocenters. The van der Waals surface area contributed by atoms with Crippen LogP contribution in [0.25, 0.3) is 22.4 Å². The molecule has 3 heterocycles. The fourth-order valence-corrected chi connectivity index (χ4v) is 3.88. The summed E-state index contributed by atoms with van der Waals surface area (Å²) >= 11 is 0. The summed E-state index contributed by atoms with van der Waals surface area (Å²) in [7, 11) is 4.79. The predicted molar refractivity (Wildman–Crippen MR) is 137 cm³/mol. The number of aromatic nitrogens is 5. The first-order valence-corrected chi connectivity index (χ1v) is 11.9. The largest absolute Gasteiger partial charge is 0.497 e. The molecule has 0 saturated carbocycles. The number of aryl methyl sites for hydroxylation is 2. The van der Waals surface area contributed by atoms with E-state index in [0.717, 1.165) is 30.5 Å². The van der Waals surface area contributed by atoms with Crippen LogP contribution in [0.2, 0.25) is 0 Å². The van der Waals surface area contributed by atoms with Crippen molar-refractivity contribution in [2.45, 2.75) is 39.3 Å². The van der Waals surface area contributed by atoms with E-state index < -0.39 is 5.82 Å². The van der Waals surface area contributed by atoms with Gasteiger partial charge >= 0.3 is 0 Å². The molecule has 0 spiro atoms. The average molecular weight is 494 g/mol. The maximum Gasteiger partial charge on any atom is 0.190 e. The van der Waals surface area contributed by atoms with Crippen LogP contribution in [0.3, 0.4) is 0 Å². The van der Waals surface area contributed by atoms with Crippen LogP contribution in [0.5, 0.6) is 11.5 Å². The number of hydrogen-bond acceptors (Lipinski definition) is 7. The number of rotatable bonds is 10. The SMILES string of the molecule is COc1cc(/N=c2\ccc3ncc(-c4cnn(C)c4)nc3n2CCCCNC(C)C)c(F)c(OC)c1. The van der Waals surface area contributed by atoms with Crippen LogP contribution in [0.1, 0.15) is 26.7 Å². The van der Waals surface area contributed by atoms with Gasteiger partial charge in [0.15, 0.2) is 17.2 Å². The molecule has 4 rings (SSSR count). The van der Waals surface area contributed by atoms with Gasteiger partial charge in [0, 0.05) is 43.5 Å². The van der Waals surface area contributed by atoms with Gasteiger partial charge in [0.2, 0.25) is 0 Å². The molecule has 0 aliphatic carbocycles. The lowest BCUT2D eigenvalue weighted by Crippen LogP contribution is -2.25. The Bertz CT molecular complexity index is 1410. The van der Waals surface area contributed by atoms with Crippen molar-refractivity contribution in [3.63, 3.8) is 0 Å². The Morgan fingerprint density at radius 1 is 1.11 bits per heavy atom. The molecule has 0 saturated heterocycles. The first kappa shape index (κ1) is 25.3. The lowest BCUT2D eigenvalue weighted by atomic mass is 10.2. The minimum atomic E-state index is -0.554. The van der Waals surface area contributed by atoms with Crippen molar-refractivity contribution in [3.05, 3.63) is 54.2 Å². The normalized spacial score (nSPS) is 12.0. The van der Waals surface area contributed by atoms with Gasteiger partial charge in [0.1, 0.15) is 22.4 Å². The molecule has 3 aromatic heterocycles. The second kappa shape index (κ2) is 11.3. The van der Waals surface area contributed by atoms with Crippen LogP contribution in [0.4, 0.5) is 10.1 Å². The number of fused-ring (bicyclic) bond motifs is 1. The van der Waals surface area contributed by atoms with E-state index in [-0.39, 0.29) is 11.4 Å². The number of ether oxygens (including phenoxy) is 2. The predicted octanol–water partition coefficient (Wildman–Crippen LogP) is 4.00. The van der Waals surface area contributed by atoms with E-state index >= 15 is 4.39 Å². The summed E-state index contributed by atoms with van der Waals surface area (Å²) in [6, 6.07) is 7.16. The molecule has 1 aromatic carbocycles. The zero-order chi connectivity index (χ0) is 25.7. The lowest BCUT2D eigenvalue weighted by Gasteiger charge is -2.13. The minimum absolute atomic E-state index is 0.0684. The monoisotopic (exact) mass is 493 g/mol. The molecule has 9 nitrogen and oxygen atoms in total. The first-order valence-electron chi connectivity index (χ1n) is 11.9. The number of pyridine rings is 1. The van der Waals surface area contributed by atoms with Crippen LogP contribution in [-0.4, -0.2) is 51.1 Å². The highest BCUT2D eigenvalue weighted by Crippen LogP contribution is 2.32. The number of nitrogens with one attached hydrogen (secondary N) is 1. The number of halogens is 1. The van der Waals surface area contributed by atoms with Crippen molar-refractivity contribution in [1.29, 1.82) is 0 Å². The molecule has 0 aliphatic heterocycles. The zero-order valence-corrected chi connectivity index (χ0v) is 21.3. The molecule has 1 N–H and O–H groups in total. The average Bonchev–Trinajstić information content (AvgIpc) is 3.31. The molecule has 0 fully saturated rings. The summed E-state index contributed by atoms with van der Waals surface area (Å²) in [5, 5.41) is 7.69. The van der Waals surface area contributed by atoms with Crippen molar-refractivity contribution in [2.24, 2.45) is 12.0 Å². The molecular formula is C26H32FN7O2. The standard InChI is InChI=1S/C26H32FN7O2/c1-17(2)28-10-6-7-11-34-24(31-21-12-19(35-4)13-23(36-5)25(21)27)9-8-20-26(34)32-22(15-29-20)18-14-30-33(3)16-18/h8-9,12-17,28H,6-7,10-11H2,1-5H3/b31-24+. The quantitative estimate of drug-likeness (QED) is 0.336. The van der Waals surface area contributed by atoms with Crippen LogP contribution in [0, 0.1) is 5.82 Å². The van der Waals surface area contributed by atoms with Gasteiger partial charge in [0.05, 0.1) is 32.3 Å². The van der Waals surface area contributed by atoms with E-state index in [9.17, 15) is 0 Å². The van der Waals surface area contributed by atoms with Gasteiger partial charge in [0.25, 0.3) is 0 Å². The molecule has 0 radical (unpaired) electrons. The molecule has 36 heavy (non-hydrogen) atoms. The third kappa shape index (κ3) is 5.71. The van der Waals surface area contributed by atoms with E-state index in [0.29, 0.717) is 35.2 Å². The van der Waals surface area contributed by atoms with Gasteiger partial charge < -0.3 is 19.4 Å². The Hall–Kier alpha value is -3.79. The van der Waals surface area contributed by atoms with Crippen molar-refractivity contribution in [1.82, 2.24) is 29.6 Å². The van der Waals surface area contributed by atoms with Crippen LogP contribution < -0.4 is 20.3 Å². The molecule has 4 aromatic rings. The van der Waals surface area contributed by atoms with E-state index in [1.165, 1.54) is 20.3 Å². The molecule has 190 valence electrons. The summed E-state index contributed by atoms with van der Waals surface area (Å²) in [6.07, 6.45) is 7.24. The summed E-state index contributed by atoms with van der Waals surface area (Å²) in [6.45, 7) is 5.81. The van der Waals surface area contributed by atoms with Gasteiger partial charge in [-0.05, 0) is 31.5 Å². The molecular weight excluding hydrogens is 461 g/mol. The summed E-state index contributed by atoms with van der Waals surface area (Å²) in [5.41, 5.74) is 3.65. The fraction of sp³-hybridized carbons (Fsp3) is 0.385. The van der Waals surface area contributed by atoms with Gasteiger partial charge in [-0.25, -0.2) is 14.4 Å². The second-order valence-electron chi connectivity index (χ2n) is 8.80. The Balaban J connectivity index is 1.83. The highest BCUT2D eigenvalue weighted by molar-refractivity contribution is 5.73. The molecule has 0 bridgehead atoms. The maximum atomic E-state index is 15.1. The molecule has 0 atom stereocenters. The number of nitrogens with zero attached hydrogens (tertiary/aromatic N) is 6. The van der Waals surface area contributed by atoms with E-state index in [1.54, 1.807) is 23.1 Å². The minimum Gasteiger partial charge on any atom is -0.497 e. The van der Waals surface area contributed by atoms with Crippen LogP contribution >= 0.6 is 0 Å². The van der Waals surface area contributed by atoms with Crippen LogP contribution in [0.15, 0.2) is 47.8 Å². The van der Waals surface area contributed by atoms with Crippen molar-refractivity contribution in [2.75, 3.05) is 20.8 Å². The Morgan fingerprint density at radius 2 is 1.94 bits per heavy atom. The van der Waals surface area contributed by atoms with Gasteiger partial charge in [-0.3, -0.25) is 9.67 Å². The van der Waals surface area contributed by atoms with E-state index in [1.807, 2.05) is 29.9 Å². The highest BCUT2D eigenvalue weighted by Gasteiger charge is 2.13. The molecule has 0 aliphatic rings. The molecule has 0 amide bonds. The third-order valence-corrected chi connectivity index (χ3v) is 5.75. The third-order valence-electron chi connectivity index (χ3n) is 5.75. The maximum absolute atomic E-state index is 15.1. The Morgan fingerprint density at radius 3 is 2.64 bits per heavy atom.